The minimum atomic E-state index is -2.65. The summed E-state index contributed by atoms with van der Waals surface area (Å²) in [5, 5.41) is 0. The summed E-state index contributed by atoms with van der Waals surface area (Å²) in [7, 11) is 0. The Kier molecular flexibility index (Phi) is 4.42. The molecule has 0 amide bonds. The van der Waals surface area contributed by atoms with Gasteiger partial charge in [0.2, 0.25) is 0 Å². The van der Waals surface area contributed by atoms with Gasteiger partial charge in [0.1, 0.15) is 0 Å². The van der Waals surface area contributed by atoms with E-state index in [2.05, 4.69) is 14.6 Å². The van der Waals surface area contributed by atoms with E-state index in [1.54, 1.807) is 11.3 Å². The molecule has 6 heteroatoms. The average Bonchev–Trinajstić information content (AvgIpc) is 2.84. The molecule has 0 saturated carbocycles. The van der Waals surface area contributed by atoms with E-state index < -0.39 is 6.61 Å². The molecule has 1 saturated heterocycles. The number of likely N-dealkylation sites (tertiary alicyclic amines) is 1. The fraction of sp³-hybridized carbons (Fsp3) is 0.727. The highest BCUT2D eigenvalue weighted by molar-refractivity contribution is 7.09. The Morgan fingerprint density at radius 3 is 3.12 bits per heavy atom. The van der Waals surface area contributed by atoms with Crippen molar-refractivity contribution in [1.29, 1.82) is 0 Å². The number of hydrogen-bond acceptors (Lipinski definition) is 4. The van der Waals surface area contributed by atoms with Crippen LogP contribution in [0.4, 0.5) is 8.78 Å². The molecule has 1 aromatic rings. The molecule has 0 unspecified atom stereocenters. The first kappa shape index (κ1) is 12.9. The third kappa shape index (κ3) is 3.69. The summed E-state index contributed by atoms with van der Waals surface area (Å²) in [5.41, 5.74) is 2.92. The summed E-state index contributed by atoms with van der Waals surface area (Å²) < 4.78 is 28.6. The van der Waals surface area contributed by atoms with Crippen molar-refractivity contribution in [2.45, 2.75) is 32.5 Å². The molecule has 96 valence electrons. The zero-order valence-corrected chi connectivity index (χ0v) is 10.6. The van der Waals surface area contributed by atoms with Crippen molar-refractivity contribution in [3.05, 3.63) is 16.1 Å². The van der Waals surface area contributed by atoms with Crippen molar-refractivity contribution < 1.29 is 13.5 Å². The zero-order valence-electron chi connectivity index (χ0n) is 9.73. The van der Waals surface area contributed by atoms with Crippen LogP contribution in [-0.4, -0.2) is 42.2 Å². The van der Waals surface area contributed by atoms with Crippen molar-refractivity contribution in [3.8, 4) is 0 Å². The number of thiazole rings is 1. The Balaban J connectivity index is 1.73. The molecule has 0 aromatic carbocycles. The number of halogens is 2. The van der Waals surface area contributed by atoms with Crippen molar-refractivity contribution in [2.75, 3.05) is 19.6 Å². The molecular formula is C11H16F2N2OS. The van der Waals surface area contributed by atoms with E-state index >= 15 is 0 Å². The van der Waals surface area contributed by atoms with Gasteiger partial charge in [0.05, 0.1) is 17.3 Å². The van der Waals surface area contributed by atoms with Crippen molar-refractivity contribution in [3.63, 3.8) is 0 Å². The number of nitrogens with zero attached hydrogens (tertiary/aromatic N) is 2. The second-order valence-corrected chi connectivity index (χ2v) is 5.16. The number of aryl methyl sites for hydroxylation is 1. The van der Waals surface area contributed by atoms with Crippen LogP contribution in [0.5, 0.6) is 0 Å². The lowest BCUT2D eigenvalue weighted by atomic mass is 10.3. The van der Waals surface area contributed by atoms with E-state index in [-0.39, 0.29) is 6.10 Å². The van der Waals surface area contributed by atoms with Crippen LogP contribution in [0.3, 0.4) is 0 Å². The second-order valence-electron chi connectivity index (χ2n) is 4.22. The number of rotatable bonds is 5. The van der Waals surface area contributed by atoms with Crippen molar-refractivity contribution in [2.24, 2.45) is 0 Å². The van der Waals surface area contributed by atoms with E-state index in [4.69, 9.17) is 0 Å². The Bertz CT molecular complexity index is 359. The van der Waals surface area contributed by atoms with Crippen LogP contribution >= 0.6 is 11.3 Å². The first-order chi connectivity index (χ1) is 8.15. The molecule has 0 aliphatic carbocycles. The summed E-state index contributed by atoms with van der Waals surface area (Å²) in [6.07, 6.45) is 1.33. The van der Waals surface area contributed by atoms with Gasteiger partial charge < -0.3 is 9.64 Å². The van der Waals surface area contributed by atoms with Crippen LogP contribution in [-0.2, 0) is 11.2 Å². The number of hydrogen-bond donors (Lipinski definition) is 0. The quantitative estimate of drug-likeness (QED) is 0.814. The third-order valence-corrected chi connectivity index (χ3v) is 4.02. The Morgan fingerprint density at radius 2 is 2.47 bits per heavy atom. The maximum Gasteiger partial charge on any atom is 0.345 e. The summed E-state index contributed by atoms with van der Waals surface area (Å²) in [6, 6.07) is 0. The molecule has 1 aliphatic heterocycles. The van der Waals surface area contributed by atoms with Crippen LogP contribution in [0, 0.1) is 6.92 Å². The van der Waals surface area contributed by atoms with Gasteiger partial charge in [0, 0.05) is 24.5 Å². The van der Waals surface area contributed by atoms with Gasteiger partial charge in [-0.15, -0.1) is 11.3 Å². The SMILES string of the molecule is Cc1ncsc1CCN1CC[C@H](OC(F)F)C1. The smallest absolute Gasteiger partial charge is 0.318 e. The molecule has 0 spiro atoms. The predicted octanol–water partition coefficient (Wildman–Crippen LogP) is 2.31. The van der Waals surface area contributed by atoms with Crippen LogP contribution in [0.2, 0.25) is 0 Å². The standard InChI is InChI=1S/C11H16F2N2OS/c1-8-10(17-7-14-8)3-5-15-4-2-9(6-15)16-11(12)13/h7,9,11H,2-6H2,1H3/t9-/m0/s1. The van der Waals surface area contributed by atoms with Gasteiger partial charge in [0.25, 0.3) is 0 Å². The van der Waals surface area contributed by atoms with E-state index in [1.165, 1.54) is 4.88 Å². The molecule has 0 radical (unpaired) electrons. The molecule has 2 heterocycles. The fourth-order valence-electron chi connectivity index (χ4n) is 2.08. The molecule has 0 bridgehead atoms. The lowest BCUT2D eigenvalue weighted by Gasteiger charge is -2.15. The van der Waals surface area contributed by atoms with Crippen molar-refractivity contribution >= 4 is 11.3 Å². The van der Waals surface area contributed by atoms with Gasteiger partial charge in [-0.25, -0.2) is 4.98 Å². The molecule has 0 N–H and O–H groups in total. The molecule has 3 nitrogen and oxygen atoms in total. The normalized spacial score (nSPS) is 21.5. The maximum absolute atomic E-state index is 12.0. The summed E-state index contributed by atoms with van der Waals surface area (Å²) in [4.78, 5) is 7.65. The van der Waals surface area contributed by atoms with E-state index in [9.17, 15) is 8.78 Å². The fourth-order valence-corrected chi connectivity index (χ4v) is 2.85. The van der Waals surface area contributed by atoms with Crippen LogP contribution in [0.25, 0.3) is 0 Å². The minimum absolute atomic E-state index is 0.308. The van der Waals surface area contributed by atoms with Gasteiger partial charge in [-0.3, -0.25) is 0 Å². The number of ether oxygens (including phenoxy) is 1. The van der Waals surface area contributed by atoms with Gasteiger partial charge >= 0.3 is 6.61 Å². The molecule has 17 heavy (non-hydrogen) atoms. The second kappa shape index (κ2) is 5.84. The molecule has 1 aromatic heterocycles. The highest BCUT2D eigenvalue weighted by atomic mass is 32.1. The summed E-state index contributed by atoms with van der Waals surface area (Å²) in [6.45, 7) is 1.70. The average molecular weight is 262 g/mol. The lowest BCUT2D eigenvalue weighted by molar-refractivity contribution is -0.158. The Hall–Kier alpha value is -0.590. The van der Waals surface area contributed by atoms with E-state index in [0.717, 1.165) is 25.2 Å². The topological polar surface area (TPSA) is 25.4 Å². The van der Waals surface area contributed by atoms with Crippen molar-refractivity contribution in [1.82, 2.24) is 9.88 Å². The molecule has 1 fully saturated rings. The van der Waals surface area contributed by atoms with E-state index in [1.807, 2.05) is 12.4 Å². The first-order valence-electron chi connectivity index (χ1n) is 5.70. The third-order valence-electron chi connectivity index (χ3n) is 3.02. The molecular weight excluding hydrogens is 246 g/mol. The van der Waals surface area contributed by atoms with Gasteiger partial charge in [-0.05, 0) is 19.8 Å². The predicted molar refractivity (Wildman–Crippen MR) is 62.5 cm³/mol. The number of aromatic nitrogens is 1. The highest BCUT2D eigenvalue weighted by Gasteiger charge is 2.25. The zero-order chi connectivity index (χ0) is 12.3. The summed E-state index contributed by atoms with van der Waals surface area (Å²) >= 11 is 1.66. The molecule has 1 atom stereocenters. The molecule has 2 rings (SSSR count). The molecule has 1 aliphatic rings. The summed E-state index contributed by atoms with van der Waals surface area (Å²) in [5.74, 6) is 0. The van der Waals surface area contributed by atoms with E-state index in [0.29, 0.717) is 13.0 Å². The monoisotopic (exact) mass is 262 g/mol. The Labute approximate surface area is 103 Å². The van der Waals surface area contributed by atoms with Gasteiger partial charge in [-0.1, -0.05) is 0 Å². The highest BCUT2D eigenvalue weighted by Crippen LogP contribution is 2.18. The minimum Gasteiger partial charge on any atom is -0.318 e. The Morgan fingerprint density at radius 1 is 1.65 bits per heavy atom. The largest absolute Gasteiger partial charge is 0.345 e. The lowest BCUT2D eigenvalue weighted by Crippen LogP contribution is -2.26. The maximum atomic E-state index is 12.0. The number of alkyl halides is 2. The first-order valence-corrected chi connectivity index (χ1v) is 6.58. The van der Waals surface area contributed by atoms with Crippen LogP contribution in [0.1, 0.15) is 17.0 Å². The van der Waals surface area contributed by atoms with Gasteiger partial charge in [-0.2, -0.15) is 8.78 Å². The van der Waals surface area contributed by atoms with Crippen LogP contribution in [0.15, 0.2) is 5.51 Å². The van der Waals surface area contributed by atoms with Crippen LogP contribution < -0.4 is 0 Å². The van der Waals surface area contributed by atoms with Gasteiger partial charge in [0.15, 0.2) is 0 Å².